The summed E-state index contributed by atoms with van der Waals surface area (Å²) in [4.78, 5) is 16.1. The Morgan fingerprint density at radius 1 is 0.957 bits per heavy atom. The molecule has 2 N–H and O–H groups in total. The summed E-state index contributed by atoms with van der Waals surface area (Å²) in [6.45, 7) is 5.73. The maximum Gasteiger partial charge on any atom is 0.261 e. The second-order valence-corrected chi connectivity index (χ2v) is 15.8. The van der Waals surface area contributed by atoms with E-state index >= 15 is 0 Å². The Hall–Kier alpha value is -3.49. The van der Waals surface area contributed by atoms with Crippen molar-refractivity contribution in [3.63, 3.8) is 0 Å². The Bertz CT molecular complexity index is 1690. The summed E-state index contributed by atoms with van der Waals surface area (Å²) in [5.41, 5.74) is 0.313. The van der Waals surface area contributed by atoms with E-state index in [1.54, 1.807) is 67.6 Å². The van der Waals surface area contributed by atoms with Crippen molar-refractivity contribution in [1.82, 2.24) is 9.21 Å². The van der Waals surface area contributed by atoms with E-state index in [4.69, 9.17) is 9.47 Å². The zero-order valence-corrected chi connectivity index (χ0v) is 28.9. The number of nitrogens with zero attached hydrogens (tertiary/aromatic N) is 2. The van der Waals surface area contributed by atoms with Crippen LogP contribution in [0.15, 0.2) is 88.7 Å². The molecular formula is C34H45N3O8S2. The largest absolute Gasteiger partial charge is 0.490 e. The van der Waals surface area contributed by atoms with Gasteiger partial charge in [-0.15, -0.1) is 0 Å². The summed E-state index contributed by atoms with van der Waals surface area (Å²) in [6.07, 6.45) is 1.32. The van der Waals surface area contributed by atoms with E-state index in [1.807, 2.05) is 13.8 Å². The monoisotopic (exact) mass is 687 g/mol. The smallest absolute Gasteiger partial charge is 0.261 e. The predicted molar refractivity (Wildman–Crippen MR) is 180 cm³/mol. The number of amides is 1. The number of ether oxygens (including phenoxy) is 2. The minimum Gasteiger partial charge on any atom is -0.490 e. The molecule has 3 aromatic carbocycles. The Balaban J connectivity index is 1.68. The van der Waals surface area contributed by atoms with Gasteiger partial charge in [0.1, 0.15) is 5.75 Å². The van der Waals surface area contributed by atoms with Gasteiger partial charge >= 0.3 is 0 Å². The SMILES string of the molecule is C[C@@H]1CCCCO[C@@H](CN(C)S(=O)(=O)c2ccccc2)[C@H](C)CN([C@H](C)CO)C(=O)c2cc(NS(=O)(=O)c3ccccc3)ccc2O1. The molecule has 0 radical (unpaired) electrons. The van der Waals surface area contributed by atoms with Crippen LogP contribution in [0.5, 0.6) is 5.75 Å². The van der Waals surface area contributed by atoms with E-state index in [0.29, 0.717) is 18.8 Å². The molecule has 256 valence electrons. The van der Waals surface area contributed by atoms with Crippen molar-refractivity contribution in [3.05, 3.63) is 84.4 Å². The lowest BCUT2D eigenvalue weighted by molar-refractivity contribution is -0.00833. The van der Waals surface area contributed by atoms with Crippen LogP contribution in [0.1, 0.15) is 50.4 Å². The molecule has 0 spiro atoms. The molecule has 0 aromatic heterocycles. The predicted octanol–water partition coefficient (Wildman–Crippen LogP) is 4.60. The van der Waals surface area contributed by atoms with Gasteiger partial charge in [0, 0.05) is 38.3 Å². The number of aliphatic hydroxyl groups excluding tert-OH is 1. The summed E-state index contributed by atoms with van der Waals surface area (Å²) in [5, 5.41) is 10.2. The van der Waals surface area contributed by atoms with Gasteiger partial charge in [0.05, 0.1) is 40.2 Å². The van der Waals surface area contributed by atoms with Gasteiger partial charge in [0.2, 0.25) is 10.0 Å². The molecule has 1 aliphatic heterocycles. The highest BCUT2D eigenvalue weighted by Gasteiger charge is 2.32. The van der Waals surface area contributed by atoms with Crippen LogP contribution in [0.2, 0.25) is 0 Å². The lowest BCUT2D eigenvalue weighted by atomic mass is 10.0. The number of anilines is 1. The Morgan fingerprint density at radius 2 is 1.60 bits per heavy atom. The van der Waals surface area contributed by atoms with Gasteiger partial charge in [-0.2, -0.15) is 4.31 Å². The number of carbonyl (C=O) groups excluding carboxylic acids is 1. The molecular weight excluding hydrogens is 643 g/mol. The number of sulfonamides is 2. The number of rotatable bonds is 9. The first-order valence-electron chi connectivity index (χ1n) is 15.8. The summed E-state index contributed by atoms with van der Waals surface area (Å²) < 4.78 is 69.2. The van der Waals surface area contributed by atoms with Gasteiger partial charge in [-0.25, -0.2) is 16.8 Å². The molecule has 4 atom stereocenters. The van der Waals surface area contributed by atoms with Crippen LogP contribution in [-0.4, -0.2) is 88.7 Å². The van der Waals surface area contributed by atoms with Crippen LogP contribution >= 0.6 is 0 Å². The molecule has 1 amide bonds. The van der Waals surface area contributed by atoms with E-state index in [9.17, 15) is 26.7 Å². The number of carbonyl (C=O) groups is 1. The van der Waals surface area contributed by atoms with Crippen molar-refractivity contribution in [1.29, 1.82) is 0 Å². The third kappa shape index (κ3) is 9.32. The van der Waals surface area contributed by atoms with Gasteiger partial charge < -0.3 is 19.5 Å². The van der Waals surface area contributed by atoms with Gasteiger partial charge in [-0.05, 0) is 75.6 Å². The molecule has 13 heteroatoms. The number of hydrogen-bond donors (Lipinski definition) is 2. The minimum absolute atomic E-state index is 0.0510. The lowest BCUT2D eigenvalue weighted by Gasteiger charge is -2.35. The van der Waals surface area contributed by atoms with Crippen LogP contribution in [-0.2, 0) is 24.8 Å². The van der Waals surface area contributed by atoms with Crippen molar-refractivity contribution < 1.29 is 36.2 Å². The number of likely N-dealkylation sites (N-methyl/N-ethyl adjacent to an activating group) is 1. The third-order valence-corrected chi connectivity index (χ3v) is 11.5. The number of fused-ring (bicyclic) bond motifs is 1. The Morgan fingerprint density at radius 3 is 2.23 bits per heavy atom. The van der Waals surface area contributed by atoms with Crippen molar-refractivity contribution in [2.45, 2.75) is 68.1 Å². The number of nitrogens with one attached hydrogen (secondary N) is 1. The quantitative estimate of drug-likeness (QED) is 0.333. The molecule has 0 saturated heterocycles. The van der Waals surface area contributed by atoms with Crippen molar-refractivity contribution in [2.75, 3.05) is 38.1 Å². The summed E-state index contributed by atoms with van der Waals surface area (Å²) >= 11 is 0. The van der Waals surface area contributed by atoms with Crippen LogP contribution in [0.25, 0.3) is 0 Å². The molecule has 1 heterocycles. The molecule has 4 rings (SSSR count). The molecule has 1 aliphatic rings. The molecule has 0 unspecified atom stereocenters. The third-order valence-electron chi connectivity index (χ3n) is 8.25. The van der Waals surface area contributed by atoms with Gasteiger partial charge in [-0.1, -0.05) is 43.3 Å². The fourth-order valence-electron chi connectivity index (χ4n) is 5.39. The van der Waals surface area contributed by atoms with E-state index in [1.165, 1.54) is 34.5 Å². The van der Waals surface area contributed by atoms with Crippen LogP contribution < -0.4 is 9.46 Å². The molecule has 0 saturated carbocycles. The Labute approximate surface area is 278 Å². The Kier molecular flexibility index (Phi) is 12.4. The van der Waals surface area contributed by atoms with E-state index in [-0.39, 0.29) is 52.8 Å². The average molecular weight is 688 g/mol. The van der Waals surface area contributed by atoms with Gasteiger partial charge in [-0.3, -0.25) is 9.52 Å². The molecule has 0 aliphatic carbocycles. The van der Waals surface area contributed by atoms with Crippen molar-refractivity contribution in [2.24, 2.45) is 5.92 Å². The highest BCUT2D eigenvalue weighted by atomic mass is 32.2. The standard InChI is InChI=1S/C34H45N3O8S2/c1-25-22-37(26(2)24-38)34(39)31-21-28(35-46(40,41)29-14-7-5-8-15-29)18-19-32(31)45-27(3)13-11-12-20-44-33(25)23-36(4)47(42,43)30-16-9-6-10-17-30/h5-10,14-19,21,25-27,33,35,38H,11-13,20,22-24H2,1-4H3/t25-,26-,27-,33+/m1/s1. The lowest BCUT2D eigenvalue weighted by Crippen LogP contribution is -2.48. The van der Waals surface area contributed by atoms with Gasteiger partial charge in [0.25, 0.3) is 15.9 Å². The first-order valence-corrected chi connectivity index (χ1v) is 18.7. The molecule has 0 bridgehead atoms. The summed E-state index contributed by atoms with van der Waals surface area (Å²) in [5.74, 6) is -0.527. The number of hydrogen-bond acceptors (Lipinski definition) is 8. The average Bonchev–Trinajstić information content (AvgIpc) is 3.06. The fourth-order valence-corrected chi connectivity index (χ4v) is 7.66. The maximum absolute atomic E-state index is 14.3. The second-order valence-electron chi connectivity index (χ2n) is 12.0. The second kappa shape index (κ2) is 16.1. The molecule has 47 heavy (non-hydrogen) atoms. The molecule has 3 aromatic rings. The molecule has 0 fully saturated rings. The van der Waals surface area contributed by atoms with E-state index in [2.05, 4.69) is 4.72 Å². The maximum atomic E-state index is 14.3. The van der Waals surface area contributed by atoms with Gasteiger partial charge in [0.15, 0.2) is 0 Å². The molecule has 11 nitrogen and oxygen atoms in total. The first-order chi connectivity index (χ1) is 22.3. The summed E-state index contributed by atoms with van der Waals surface area (Å²) in [7, 11) is -6.22. The van der Waals surface area contributed by atoms with E-state index in [0.717, 1.165) is 12.8 Å². The van der Waals surface area contributed by atoms with Crippen LogP contribution in [0.3, 0.4) is 0 Å². The normalized spacial score (nSPS) is 20.9. The first kappa shape index (κ1) is 36.3. The topological polar surface area (TPSA) is 143 Å². The summed E-state index contributed by atoms with van der Waals surface area (Å²) in [6, 6.07) is 20.1. The van der Waals surface area contributed by atoms with Crippen LogP contribution in [0.4, 0.5) is 5.69 Å². The van der Waals surface area contributed by atoms with E-state index < -0.39 is 38.1 Å². The highest BCUT2D eigenvalue weighted by Crippen LogP contribution is 2.30. The number of aliphatic hydroxyl groups is 1. The zero-order valence-electron chi connectivity index (χ0n) is 27.3. The van der Waals surface area contributed by atoms with Crippen molar-refractivity contribution >= 4 is 31.6 Å². The van der Waals surface area contributed by atoms with Crippen LogP contribution in [0, 0.1) is 5.92 Å². The fraction of sp³-hybridized carbons (Fsp3) is 0.441. The number of benzene rings is 3. The minimum atomic E-state index is -3.94. The highest BCUT2D eigenvalue weighted by molar-refractivity contribution is 7.92. The zero-order chi connectivity index (χ0) is 34.2. The van der Waals surface area contributed by atoms with Crippen molar-refractivity contribution in [3.8, 4) is 5.75 Å².